The van der Waals surface area contributed by atoms with Gasteiger partial charge in [-0.2, -0.15) is 0 Å². The van der Waals surface area contributed by atoms with Crippen LogP contribution in [-0.4, -0.2) is 21.4 Å². The Morgan fingerprint density at radius 3 is 2.48 bits per heavy atom. The molecule has 128 valence electrons. The van der Waals surface area contributed by atoms with Gasteiger partial charge in [0, 0.05) is 0 Å². The molecule has 0 fully saturated rings. The van der Waals surface area contributed by atoms with Crippen LogP contribution in [0.4, 0.5) is 0 Å². The summed E-state index contributed by atoms with van der Waals surface area (Å²) in [6.07, 6.45) is 14.8. The van der Waals surface area contributed by atoms with Crippen molar-refractivity contribution < 1.29 is 11.0 Å². The Labute approximate surface area is 163 Å². The number of rotatable bonds is 5. The van der Waals surface area contributed by atoms with E-state index >= 15 is 0 Å². The van der Waals surface area contributed by atoms with Crippen molar-refractivity contribution in [3.05, 3.63) is 89.4 Å². The molecule has 0 saturated heterocycles. The van der Waals surface area contributed by atoms with Crippen LogP contribution in [-0.2, 0) is 11.0 Å². The Morgan fingerprint density at radius 1 is 1.04 bits per heavy atom. The van der Waals surface area contributed by atoms with Crippen LogP contribution in [0.3, 0.4) is 0 Å². The van der Waals surface area contributed by atoms with Crippen molar-refractivity contribution in [2.45, 2.75) is 0 Å². The number of H-pyrrole nitrogens is 1. The van der Waals surface area contributed by atoms with Gasteiger partial charge in [-0.3, -0.25) is 12.7 Å². The molecule has 2 aliphatic rings. The van der Waals surface area contributed by atoms with E-state index < -0.39 is 0 Å². The molecule has 2 aliphatic heterocycles. The fraction of sp³-hybridized carbons (Fsp3) is 0. The van der Waals surface area contributed by atoms with Crippen molar-refractivity contribution in [2.75, 3.05) is 0 Å². The SMILES string of the molecule is [CH-]=CC([NH-])=Cc1ccc(C=C2C=CC(C=C3C=CC([CH]=[Co][I])=N3)=N2)[nH]1. The Balaban J connectivity index is 1.74. The number of allylic oxidation sites excluding steroid dienone is 6. The number of nitrogens with one attached hydrogen (secondary N) is 2. The second-order valence-corrected chi connectivity index (χ2v) is 7.42. The number of nitrogens with zero attached hydrogens (tertiary/aromatic N) is 2. The van der Waals surface area contributed by atoms with E-state index in [2.05, 4.69) is 35.4 Å². The number of hydrogen-bond acceptors (Lipinski definition) is 2. The third-order valence-electron chi connectivity index (χ3n) is 3.32. The van der Waals surface area contributed by atoms with Crippen molar-refractivity contribution >= 4 is 48.9 Å². The van der Waals surface area contributed by atoms with Gasteiger partial charge < -0.3 is 11.4 Å². The summed E-state index contributed by atoms with van der Waals surface area (Å²) in [7, 11) is 0. The second kappa shape index (κ2) is 8.37. The van der Waals surface area contributed by atoms with Gasteiger partial charge in [0.2, 0.25) is 0 Å². The number of hydrogen-bond donors (Lipinski definition) is 1. The molecule has 0 unspecified atom stereocenters. The van der Waals surface area contributed by atoms with Crippen LogP contribution in [0.25, 0.3) is 17.9 Å². The molecule has 2 N–H and O–H groups in total. The third kappa shape index (κ3) is 4.97. The zero-order chi connectivity index (χ0) is 17.6. The van der Waals surface area contributed by atoms with Crippen LogP contribution in [0.2, 0.25) is 0 Å². The average Bonchev–Trinajstić information content (AvgIpc) is 3.32. The minimum absolute atomic E-state index is 0.262. The summed E-state index contributed by atoms with van der Waals surface area (Å²) in [5.41, 5.74) is 13.2. The van der Waals surface area contributed by atoms with E-state index in [4.69, 9.17) is 12.3 Å². The van der Waals surface area contributed by atoms with E-state index in [-0.39, 0.29) is 5.70 Å². The molecule has 4 nitrogen and oxygen atoms in total. The predicted molar refractivity (Wildman–Crippen MR) is 111 cm³/mol. The van der Waals surface area contributed by atoms with Crippen molar-refractivity contribution in [1.29, 1.82) is 0 Å². The molecule has 1 aromatic rings. The van der Waals surface area contributed by atoms with Gasteiger partial charge in [0.15, 0.2) is 0 Å². The van der Waals surface area contributed by atoms with Crippen molar-refractivity contribution in [3.8, 4) is 0 Å². The van der Waals surface area contributed by atoms with Crippen molar-refractivity contribution in [2.24, 2.45) is 9.98 Å². The standard InChI is InChI=1S/C19H14N4.Co.HI/c1-3-14(20)10-15-6-7-18(22-15)12-19-9-8-17(23-19)11-16-5-4-13(2)21-16;;/h1-12,20,22H;;1H/q-2;+1;/p-1. The third-order valence-corrected chi connectivity index (χ3v) is 4.60. The molecule has 3 rings (SSSR count). The summed E-state index contributed by atoms with van der Waals surface area (Å²) in [5, 5.41) is 0. The first-order valence-electron chi connectivity index (χ1n) is 7.34. The summed E-state index contributed by atoms with van der Waals surface area (Å²) in [6, 6.07) is 3.84. The van der Waals surface area contributed by atoms with Gasteiger partial charge >= 0.3 is 134 Å². The van der Waals surface area contributed by atoms with E-state index in [9.17, 15) is 0 Å². The fourth-order valence-corrected chi connectivity index (χ4v) is 3.41. The molecule has 0 radical (unpaired) electrons. The minimum atomic E-state index is 0.262. The molecule has 6 heteroatoms. The number of halogens is 1. The summed E-state index contributed by atoms with van der Waals surface area (Å²) >= 11 is 3.46. The molecule has 0 spiro atoms. The molecule has 0 atom stereocenters. The van der Waals surface area contributed by atoms with E-state index in [1.54, 1.807) is 6.08 Å². The van der Waals surface area contributed by atoms with Crippen LogP contribution < -0.4 is 0 Å². The van der Waals surface area contributed by atoms with Gasteiger partial charge in [0.05, 0.1) is 0 Å². The van der Waals surface area contributed by atoms with E-state index in [0.29, 0.717) is 0 Å². The van der Waals surface area contributed by atoms with E-state index in [0.717, 1.165) is 34.2 Å². The molecule has 3 heterocycles. The van der Waals surface area contributed by atoms with Gasteiger partial charge in [-0.05, 0) is 0 Å². The van der Waals surface area contributed by atoms with Gasteiger partial charge in [-0.25, -0.2) is 0 Å². The fourth-order valence-electron chi connectivity index (χ4n) is 2.25. The Bertz CT molecular complexity index is 936. The van der Waals surface area contributed by atoms with Crippen LogP contribution in [0.15, 0.2) is 75.7 Å². The molecule has 0 amide bonds. The summed E-state index contributed by atoms with van der Waals surface area (Å²) in [4.78, 5) is 14.3. The topological polar surface area (TPSA) is 64.3 Å². The number of aromatic amines is 1. The van der Waals surface area contributed by atoms with Crippen LogP contribution in [0.1, 0.15) is 11.4 Å². The molecular weight excluding hydrogens is 470 g/mol. The monoisotopic (exact) mass is 484 g/mol. The molecule has 0 saturated carbocycles. The van der Waals surface area contributed by atoms with Gasteiger partial charge in [-0.15, -0.1) is 6.08 Å². The first-order chi connectivity index (χ1) is 12.2. The second-order valence-electron chi connectivity index (χ2n) is 5.18. The van der Waals surface area contributed by atoms with Gasteiger partial charge in [-0.1, -0.05) is 0 Å². The van der Waals surface area contributed by atoms with Crippen LogP contribution in [0, 0.1) is 6.58 Å². The molecular formula is C19H14CoIN4-2. The van der Waals surface area contributed by atoms with E-state index in [1.807, 2.05) is 53.5 Å². The first-order valence-corrected chi connectivity index (χ1v) is 11.3. The maximum atomic E-state index is 7.55. The predicted octanol–water partition coefficient (Wildman–Crippen LogP) is 4.88. The summed E-state index contributed by atoms with van der Waals surface area (Å²) < 4.78 is 0. The Kier molecular flexibility index (Phi) is 5.95. The Hall–Kier alpha value is -2.03. The summed E-state index contributed by atoms with van der Waals surface area (Å²) in [5.74, 6) is 0. The van der Waals surface area contributed by atoms with Crippen molar-refractivity contribution in [3.63, 3.8) is 0 Å². The normalized spacial score (nSPS) is 20.8. The van der Waals surface area contributed by atoms with Gasteiger partial charge in [0.1, 0.15) is 0 Å². The van der Waals surface area contributed by atoms with Gasteiger partial charge in [0.25, 0.3) is 0 Å². The molecule has 1 aromatic heterocycles. The zero-order valence-electron chi connectivity index (χ0n) is 13.0. The van der Waals surface area contributed by atoms with Crippen molar-refractivity contribution in [1.82, 2.24) is 4.98 Å². The number of aromatic nitrogens is 1. The molecule has 0 bridgehead atoms. The zero-order valence-corrected chi connectivity index (χ0v) is 16.2. The van der Waals surface area contributed by atoms with E-state index in [1.165, 1.54) is 17.1 Å². The molecule has 0 aromatic carbocycles. The Morgan fingerprint density at radius 2 is 1.72 bits per heavy atom. The number of aliphatic imine (C=N–C) groups is 2. The average molecular weight is 484 g/mol. The first kappa shape index (κ1) is 17.8. The van der Waals surface area contributed by atoms with Crippen LogP contribution >= 0.6 is 20.4 Å². The quantitative estimate of drug-likeness (QED) is 0.352. The van der Waals surface area contributed by atoms with Crippen LogP contribution in [0.5, 0.6) is 0 Å². The molecule has 25 heavy (non-hydrogen) atoms. The maximum absolute atomic E-state index is 7.55. The molecule has 0 aliphatic carbocycles. The summed E-state index contributed by atoms with van der Waals surface area (Å²) in [6.45, 7) is 5.31.